The first-order chi connectivity index (χ1) is 15.1. The summed E-state index contributed by atoms with van der Waals surface area (Å²) in [5, 5.41) is 0. The van der Waals surface area contributed by atoms with E-state index in [2.05, 4.69) is 54.8 Å². The van der Waals surface area contributed by atoms with Crippen molar-refractivity contribution in [2.45, 2.75) is 32.0 Å². The van der Waals surface area contributed by atoms with Gasteiger partial charge in [-0.3, -0.25) is 9.62 Å². The number of hydrogen-bond donors (Lipinski definition) is 1. The van der Waals surface area contributed by atoms with Gasteiger partial charge in [-0.1, -0.05) is 72.8 Å². The van der Waals surface area contributed by atoms with Gasteiger partial charge in [0.2, 0.25) is 10.0 Å². The quantitative estimate of drug-likeness (QED) is 0.466. The molecule has 0 fully saturated rings. The van der Waals surface area contributed by atoms with Crippen LogP contribution in [0.15, 0.2) is 84.9 Å². The van der Waals surface area contributed by atoms with Crippen molar-refractivity contribution in [1.29, 1.82) is 0 Å². The van der Waals surface area contributed by atoms with Crippen LogP contribution in [0.25, 0.3) is 0 Å². The molecule has 0 amide bonds. The Bertz CT molecular complexity index is 1040. The molecule has 0 aliphatic rings. The highest BCUT2D eigenvalue weighted by Gasteiger charge is 2.26. The van der Waals surface area contributed by atoms with Gasteiger partial charge in [0.1, 0.15) is 6.10 Å². The van der Waals surface area contributed by atoms with E-state index in [1.807, 2.05) is 48.5 Å². The van der Waals surface area contributed by atoms with Gasteiger partial charge in [-0.15, -0.1) is 0 Å². The second kappa shape index (κ2) is 10.3. The van der Waals surface area contributed by atoms with Gasteiger partial charge in [-0.05, 0) is 49.7 Å². The molecule has 0 aromatic heterocycles. The van der Waals surface area contributed by atoms with Gasteiger partial charge in [0.25, 0.3) is 0 Å². The van der Waals surface area contributed by atoms with Crippen LogP contribution in [-0.2, 0) is 21.3 Å². The number of sulfonamides is 1. The van der Waals surface area contributed by atoms with E-state index < -0.39 is 10.0 Å². The first kappa shape index (κ1) is 24.0. The van der Waals surface area contributed by atoms with Crippen molar-refractivity contribution in [2.24, 2.45) is 0 Å². The van der Waals surface area contributed by atoms with Crippen LogP contribution in [0.1, 0.15) is 36.6 Å². The van der Waals surface area contributed by atoms with Crippen LogP contribution < -0.4 is 4.72 Å². The Morgan fingerprint density at radius 3 is 1.84 bits per heavy atom. The zero-order valence-corrected chi connectivity index (χ0v) is 20.0. The van der Waals surface area contributed by atoms with E-state index in [4.69, 9.17) is 4.74 Å². The molecule has 0 saturated carbocycles. The summed E-state index contributed by atoms with van der Waals surface area (Å²) in [5.41, 5.74) is 3.71. The summed E-state index contributed by atoms with van der Waals surface area (Å²) in [6.45, 7) is 5.60. The van der Waals surface area contributed by atoms with Gasteiger partial charge in [-0.2, -0.15) is 0 Å². The van der Waals surface area contributed by atoms with Crippen LogP contribution in [0, 0.1) is 0 Å². The summed E-state index contributed by atoms with van der Waals surface area (Å²) in [6.07, 6.45) is 1.02. The molecule has 32 heavy (non-hydrogen) atoms. The molecule has 3 aromatic rings. The fraction of sp³-hybridized carbons (Fsp3) is 0.308. The molecule has 0 atom stereocenters. The van der Waals surface area contributed by atoms with E-state index in [0.29, 0.717) is 12.3 Å². The largest absolute Gasteiger partial charge is 0.367 e. The van der Waals surface area contributed by atoms with Crippen molar-refractivity contribution in [3.63, 3.8) is 0 Å². The number of ether oxygens (including phenoxy) is 1. The minimum atomic E-state index is -3.27. The maximum atomic E-state index is 11.4. The maximum Gasteiger partial charge on any atom is 0.229 e. The van der Waals surface area contributed by atoms with Crippen LogP contribution in [0.5, 0.6) is 0 Å². The first-order valence-corrected chi connectivity index (χ1v) is 12.5. The number of nitrogens with one attached hydrogen (secondary N) is 1. The van der Waals surface area contributed by atoms with Crippen molar-refractivity contribution in [3.8, 4) is 0 Å². The fourth-order valence-electron chi connectivity index (χ4n) is 3.42. The molecule has 5 nitrogen and oxygen atoms in total. The Kier molecular flexibility index (Phi) is 7.72. The highest BCUT2D eigenvalue weighted by Crippen LogP contribution is 2.28. The molecular weight excluding hydrogens is 420 g/mol. The molecule has 0 radical (unpaired) electrons. The third-order valence-electron chi connectivity index (χ3n) is 5.52. The van der Waals surface area contributed by atoms with Gasteiger partial charge in [0.15, 0.2) is 0 Å². The molecule has 0 aliphatic heterocycles. The van der Waals surface area contributed by atoms with Gasteiger partial charge in [-0.25, -0.2) is 8.42 Å². The summed E-state index contributed by atoms with van der Waals surface area (Å²) >= 11 is 0. The molecule has 0 heterocycles. The topological polar surface area (TPSA) is 58.6 Å². The van der Waals surface area contributed by atoms with E-state index in [1.54, 1.807) is 12.1 Å². The number of likely N-dealkylation sites (N-methyl/N-ethyl adjacent to an activating group) is 1. The van der Waals surface area contributed by atoms with Crippen molar-refractivity contribution in [3.05, 3.63) is 102 Å². The molecule has 3 rings (SSSR count). The maximum absolute atomic E-state index is 11.4. The van der Waals surface area contributed by atoms with Crippen molar-refractivity contribution >= 4 is 15.7 Å². The molecule has 0 saturated heterocycles. The summed E-state index contributed by atoms with van der Waals surface area (Å²) in [5.74, 6) is 0. The van der Waals surface area contributed by atoms with Crippen LogP contribution >= 0.6 is 0 Å². The number of nitrogens with zero attached hydrogens (tertiary/aromatic N) is 1. The summed E-state index contributed by atoms with van der Waals surface area (Å²) < 4.78 is 31.8. The average Bonchev–Trinajstić information content (AvgIpc) is 2.75. The molecule has 0 bridgehead atoms. The molecule has 0 spiro atoms. The third kappa shape index (κ3) is 6.92. The van der Waals surface area contributed by atoms with E-state index in [9.17, 15) is 8.42 Å². The van der Waals surface area contributed by atoms with E-state index in [1.165, 1.54) is 0 Å². The van der Waals surface area contributed by atoms with Crippen LogP contribution in [0.4, 0.5) is 5.69 Å². The van der Waals surface area contributed by atoms with E-state index >= 15 is 0 Å². The molecule has 0 unspecified atom stereocenters. The number of anilines is 1. The SMILES string of the molecule is CN(Cc1ccc(NS(C)(=O)=O)cc1)C(C)(C)COC(c1ccccc1)c1ccccc1. The van der Waals surface area contributed by atoms with Crippen LogP contribution in [0.3, 0.4) is 0 Å². The second-order valence-electron chi connectivity index (χ2n) is 8.75. The van der Waals surface area contributed by atoms with Crippen LogP contribution in [-0.4, -0.2) is 38.8 Å². The van der Waals surface area contributed by atoms with E-state index in [0.717, 1.165) is 29.5 Å². The van der Waals surface area contributed by atoms with Crippen LogP contribution in [0.2, 0.25) is 0 Å². The van der Waals surface area contributed by atoms with Gasteiger partial charge >= 0.3 is 0 Å². The summed E-state index contributed by atoms with van der Waals surface area (Å²) in [6, 6.07) is 28.0. The van der Waals surface area contributed by atoms with E-state index in [-0.39, 0.29) is 11.6 Å². The Labute approximate surface area is 192 Å². The highest BCUT2D eigenvalue weighted by molar-refractivity contribution is 7.92. The predicted octanol–water partition coefficient (Wildman–Crippen LogP) is 5.07. The highest BCUT2D eigenvalue weighted by atomic mass is 32.2. The summed E-state index contributed by atoms with van der Waals surface area (Å²) in [4.78, 5) is 2.25. The Hall–Kier alpha value is -2.67. The number of benzene rings is 3. The van der Waals surface area contributed by atoms with Crippen molar-refractivity contribution < 1.29 is 13.2 Å². The number of rotatable bonds is 10. The lowest BCUT2D eigenvalue weighted by Crippen LogP contribution is -2.44. The molecule has 0 aliphatic carbocycles. The van der Waals surface area contributed by atoms with Gasteiger partial charge < -0.3 is 4.74 Å². The Morgan fingerprint density at radius 1 is 0.875 bits per heavy atom. The molecule has 6 heteroatoms. The van der Waals surface area contributed by atoms with Gasteiger partial charge in [0, 0.05) is 17.8 Å². The average molecular weight is 453 g/mol. The van der Waals surface area contributed by atoms with Crippen molar-refractivity contribution in [2.75, 3.05) is 24.6 Å². The number of hydrogen-bond acceptors (Lipinski definition) is 4. The van der Waals surface area contributed by atoms with Gasteiger partial charge in [0.05, 0.1) is 12.9 Å². The predicted molar refractivity (Wildman–Crippen MR) is 131 cm³/mol. The Balaban J connectivity index is 1.67. The monoisotopic (exact) mass is 452 g/mol. The third-order valence-corrected chi connectivity index (χ3v) is 6.12. The molecule has 3 aromatic carbocycles. The zero-order valence-electron chi connectivity index (χ0n) is 19.2. The minimum Gasteiger partial charge on any atom is -0.367 e. The van der Waals surface area contributed by atoms with Crippen molar-refractivity contribution in [1.82, 2.24) is 4.90 Å². The Morgan fingerprint density at radius 2 is 1.38 bits per heavy atom. The minimum absolute atomic E-state index is 0.133. The second-order valence-corrected chi connectivity index (χ2v) is 10.5. The fourth-order valence-corrected chi connectivity index (χ4v) is 3.98. The normalized spacial score (nSPS) is 12.3. The zero-order chi connectivity index (χ0) is 23.2. The first-order valence-electron chi connectivity index (χ1n) is 10.6. The summed E-state index contributed by atoms with van der Waals surface area (Å²) in [7, 11) is -1.20. The molecular formula is C26H32N2O3S. The molecule has 1 N–H and O–H groups in total. The lowest BCUT2D eigenvalue weighted by Gasteiger charge is -2.37. The smallest absolute Gasteiger partial charge is 0.229 e. The molecule has 170 valence electrons. The standard InChI is InChI=1S/C26H32N2O3S/c1-26(2,28(3)19-21-15-17-24(18-16-21)27-32(4,29)30)20-31-25(22-11-7-5-8-12-22)23-13-9-6-10-14-23/h5-18,25,27H,19-20H2,1-4H3. The lowest BCUT2D eigenvalue weighted by atomic mass is 10.00. The lowest BCUT2D eigenvalue weighted by molar-refractivity contribution is -0.00737.